The van der Waals surface area contributed by atoms with Gasteiger partial charge in [0.05, 0.1) is 0 Å². The summed E-state index contributed by atoms with van der Waals surface area (Å²) in [5.41, 5.74) is 0. The van der Waals surface area contributed by atoms with E-state index in [4.69, 9.17) is 0 Å². The van der Waals surface area contributed by atoms with Crippen molar-refractivity contribution in [3.8, 4) is 0 Å². The zero-order valence-electron chi connectivity index (χ0n) is 12.8. The molecular formula is C16H26N2O3. The molecule has 2 amide bonds. The van der Waals surface area contributed by atoms with Crippen LogP contribution in [-0.4, -0.2) is 40.6 Å². The van der Waals surface area contributed by atoms with Crippen molar-refractivity contribution >= 4 is 12.0 Å². The van der Waals surface area contributed by atoms with Crippen LogP contribution in [0.5, 0.6) is 0 Å². The highest BCUT2D eigenvalue weighted by Crippen LogP contribution is 2.42. The molecule has 0 aromatic heterocycles. The molecule has 0 aromatic carbocycles. The van der Waals surface area contributed by atoms with Crippen LogP contribution in [0.15, 0.2) is 0 Å². The molecule has 0 aromatic rings. The molecule has 3 fully saturated rings. The molecule has 4 atom stereocenters. The van der Waals surface area contributed by atoms with Crippen molar-refractivity contribution in [1.82, 2.24) is 10.2 Å². The molecule has 0 bridgehead atoms. The first-order valence-electron chi connectivity index (χ1n) is 8.40. The van der Waals surface area contributed by atoms with Crippen molar-refractivity contribution in [2.75, 3.05) is 6.54 Å². The highest BCUT2D eigenvalue weighted by molar-refractivity contribution is 5.84. The van der Waals surface area contributed by atoms with Crippen molar-refractivity contribution in [3.63, 3.8) is 0 Å². The lowest BCUT2D eigenvalue weighted by molar-refractivity contribution is -0.142. The van der Waals surface area contributed by atoms with E-state index in [-0.39, 0.29) is 18.0 Å². The molecule has 2 N–H and O–H groups in total. The Morgan fingerprint density at radius 2 is 2.05 bits per heavy atom. The molecule has 5 nitrogen and oxygen atoms in total. The van der Waals surface area contributed by atoms with Gasteiger partial charge in [-0.3, -0.25) is 0 Å². The molecule has 3 rings (SSSR count). The number of hydrogen-bond donors (Lipinski definition) is 2. The molecule has 2 saturated carbocycles. The number of hydrogen-bond acceptors (Lipinski definition) is 2. The van der Waals surface area contributed by atoms with Crippen LogP contribution in [0.25, 0.3) is 0 Å². The highest BCUT2D eigenvalue weighted by atomic mass is 16.4. The number of fused-ring (bicyclic) bond motifs is 1. The summed E-state index contributed by atoms with van der Waals surface area (Å²) in [4.78, 5) is 25.7. The average Bonchev–Trinajstić information content (AvgIpc) is 2.99. The Kier molecular flexibility index (Phi) is 4.09. The third kappa shape index (κ3) is 3.01. The summed E-state index contributed by atoms with van der Waals surface area (Å²) in [6, 6.07) is -0.583. The minimum absolute atomic E-state index is 0.163. The van der Waals surface area contributed by atoms with Crippen LogP contribution in [-0.2, 0) is 4.79 Å². The van der Waals surface area contributed by atoms with Crippen molar-refractivity contribution < 1.29 is 14.7 Å². The molecule has 2 aliphatic carbocycles. The zero-order valence-corrected chi connectivity index (χ0v) is 12.8. The fourth-order valence-electron chi connectivity index (χ4n) is 4.17. The molecule has 3 aliphatic rings. The van der Waals surface area contributed by atoms with Crippen LogP contribution < -0.4 is 5.32 Å². The first-order chi connectivity index (χ1) is 10.1. The number of rotatable bonds is 5. The maximum atomic E-state index is 12.5. The fraction of sp³-hybridized carbons (Fsp3) is 0.875. The molecule has 0 radical (unpaired) electrons. The Balaban J connectivity index is 1.63. The number of carboxylic acids is 1. The van der Waals surface area contributed by atoms with Crippen molar-refractivity contribution in [1.29, 1.82) is 0 Å². The number of amides is 2. The first-order valence-corrected chi connectivity index (χ1v) is 8.40. The van der Waals surface area contributed by atoms with E-state index in [9.17, 15) is 14.7 Å². The highest BCUT2D eigenvalue weighted by Gasteiger charge is 2.49. The summed E-state index contributed by atoms with van der Waals surface area (Å²) in [5.74, 6) is 0.482. The van der Waals surface area contributed by atoms with Gasteiger partial charge in [0.25, 0.3) is 0 Å². The average molecular weight is 294 g/mol. The van der Waals surface area contributed by atoms with Gasteiger partial charge in [-0.05, 0) is 43.4 Å². The number of urea groups is 1. The number of carbonyl (C=O) groups is 2. The minimum Gasteiger partial charge on any atom is -0.480 e. The smallest absolute Gasteiger partial charge is 0.326 e. The van der Waals surface area contributed by atoms with E-state index in [0.717, 1.165) is 38.0 Å². The van der Waals surface area contributed by atoms with Gasteiger partial charge in [0, 0.05) is 12.6 Å². The summed E-state index contributed by atoms with van der Waals surface area (Å²) >= 11 is 0. The standard InChI is InChI=1S/C16H26N2O3/c1-2-12(8-10-6-7-10)17-16(21)18-9-11-4-3-5-13(11)14(18)15(19)20/h10-14H,2-9H2,1H3,(H,17,21)(H,19,20). The monoisotopic (exact) mass is 294 g/mol. The van der Waals surface area contributed by atoms with E-state index in [2.05, 4.69) is 12.2 Å². The summed E-state index contributed by atoms with van der Waals surface area (Å²) in [6.45, 7) is 2.70. The van der Waals surface area contributed by atoms with Gasteiger partial charge in [0.2, 0.25) is 0 Å². The molecular weight excluding hydrogens is 268 g/mol. The fourth-order valence-corrected chi connectivity index (χ4v) is 4.17. The predicted octanol–water partition coefficient (Wildman–Crippen LogP) is 2.46. The molecule has 1 saturated heterocycles. The van der Waals surface area contributed by atoms with Crippen LogP contribution in [0.1, 0.15) is 51.9 Å². The lowest BCUT2D eigenvalue weighted by Crippen LogP contribution is -2.50. The van der Waals surface area contributed by atoms with Crippen molar-refractivity contribution in [2.24, 2.45) is 17.8 Å². The topological polar surface area (TPSA) is 69.6 Å². The van der Waals surface area contributed by atoms with Crippen LogP contribution in [0.2, 0.25) is 0 Å². The quantitative estimate of drug-likeness (QED) is 0.818. The van der Waals surface area contributed by atoms with Gasteiger partial charge in [-0.2, -0.15) is 0 Å². The maximum Gasteiger partial charge on any atom is 0.326 e. The lowest BCUT2D eigenvalue weighted by atomic mass is 9.94. The predicted molar refractivity (Wildman–Crippen MR) is 78.9 cm³/mol. The normalized spacial score (nSPS) is 32.8. The number of carbonyl (C=O) groups excluding carboxylic acids is 1. The molecule has 4 unspecified atom stereocenters. The van der Waals surface area contributed by atoms with Crippen LogP contribution >= 0.6 is 0 Å². The third-order valence-electron chi connectivity index (χ3n) is 5.54. The van der Waals surface area contributed by atoms with E-state index in [0.29, 0.717) is 12.5 Å². The van der Waals surface area contributed by atoms with Gasteiger partial charge >= 0.3 is 12.0 Å². The number of aliphatic carboxylic acids is 1. The summed E-state index contributed by atoms with van der Waals surface area (Å²) in [6.07, 6.45) is 7.63. The van der Waals surface area contributed by atoms with E-state index in [1.165, 1.54) is 12.8 Å². The van der Waals surface area contributed by atoms with Crippen LogP contribution in [0.4, 0.5) is 4.79 Å². The lowest BCUT2D eigenvalue weighted by Gasteiger charge is -2.27. The summed E-state index contributed by atoms with van der Waals surface area (Å²) in [5, 5.41) is 12.6. The Hall–Kier alpha value is -1.26. The minimum atomic E-state index is -0.838. The van der Waals surface area contributed by atoms with Crippen molar-refractivity contribution in [3.05, 3.63) is 0 Å². The van der Waals surface area contributed by atoms with Gasteiger partial charge in [-0.25, -0.2) is 9.59 Å². The van der Waals surface area contributed by atoms with E-state index in [1.54, 1.807) is 4.90 Å². The van der Waals surface area contributed by atoms with Gasteiger partial charge in [0.15, 0.2) is 0 Å². The Morgan fingerprint density at radius 3 is 2.67 bits per heavy atom. The van der Waals surface area contributed by atoms with Gasteiger partial charge in [-0.15, -0.1) is 0 Å². The Labute approximate surface area is 126 Å². The van der Waals surface area contributed by atoms with Crippen LogP contribution in [0, 0.1) is 17.8 Å². The number of carboxylic acid groups (broad SMARTS) is 1. The molecule has 1 aliphatic heterocycles. The second-order valence-electron chi connectivity index (χ2n) is 7.02. The second-order valence-corrected chi connectivity index (χ2v) is 7.02. The summed E-state index contributed by atoms with van der Waals surface area (Å²) < 4.78 is 0. The van der Waals surface area contributed by atoms with E-state index in [1.807, 2.05) is 0 Å². The zero-order chi connectivity index (χ0) is 15.0. The molecule has 1 heterocycles. The van der Waals surface area contributed by atoms with Gasteiger partial charge in [-0.1, -0.05) is 26.2 Å². The number of likely N-dealkylation sites (tertiary alicyclic amines) is 1. The Bertz CT molecular complexity index is 422. The largest absolute Gasteiger partial charge is 0.480 e. The summed E-state index contributed by atoms with van der Waals surface area (Å²) in [7, 11) is 0. The molecule has 5 heteroatoms. The van der Waals surface area contributed by atoms with Crippen LogP contribution in [0.3, 0.4) is 0 Å². The molecule has 0 spiro atoms. The SMILES string of the molecule is CCC(CC1CC1)NC(=O)N1CC2CCCC2C1C(=O)O. The number of nitrogens with one attached hydrogen (secondary N) is 1. The van der Waals surface area contributed by atoms with E-state index < -0.39 is 12.0 Å². The van der Waals surface area contributed by atoms with E-state index >= 15 is 0 Å². The second kappa shape index (κ2) is 5.85. The number of nitrogens with zero attached hydrogens (tertiary/aromatic N) is 1. The maximum absolute atomic E-state index is 12.5. The molecule has 21 heavy (non-hydrogen) atoms. The van der Waals surface area contributed by atoms with Gasteiger partial charge in [0.1, 0.15) is 6.04 Å². The first kappa shape index (κ1) is 14.7. The third-order valence-corrected chi connectivity index (χ3v) is 5.54. The Morgan fingerprint density at radius 1 is 1.29 bits per heavy atom. The molecule has 118 valence electrons. The van der Waals surface area contributed by atoms with Gasteiger partial charge < -0.3 is 15.3 Å². The van der Waals surface area contributed by atoms with Crippen molar-refractivity contribution in [2.45, 2.75) is 64.0 Å².